The van der Waals surface area contributed by atoms with Gasteiger partial charge < -0.3 is 0 Å². The van der Waals surface area contributed by atoms with Gasteiger partial charge in [-0.15, -0.1) is 0 Å². The van der Waals surface area contributed by atoms with Gasteiger partial charge in [0.05, 0.1) is 0 Å². The first-order valence-electron chi connectivity index (χ1n) is 10.5. The predicted molar refractivity (Wildman–Crippen MR) is 107 cm³/mol. The summed E-state index contributed by atoms with van der Waals surface area (Å²) in [5, 5.41) is 0. The summed E-state index contributed by atoms with van der Waals surface area (Å²) in [7, 11) is 0. The van der Waals surface area contributed by atoms with E-state index in [-0.39, 0.29) is 0 Å². The molecule has 0 unspecified atom stereocenters. The first-order valence-corrected chi connectivity index (χ1v) is 10.5. The summed E-state index contributed by atoms with van der Waals surface area (Å²) in [5.41, 5.74) is 1.20. The molecule has 0 atom stereocenters. The quantitative estimate of drug-likeness (QED) is 0.225. The molecule has 0 bridgehead atoms. The molecule has 0 N–H and O–H groups in total. The van der Waals surface area contributed by atoms with Crippen molar-refractivity contribution >= 4 is 6.08 Å². The molecule has 1 aromatic rings. The Bertz CT molecular complexity index is 393. The summed E-state index contributed by atoms with van der Waals surface area (Å²) < 4.78 is 2.29. The van der Waals surface area contributed by atoms with Crippen LogP contribution in [-0.4, -0.2) is 0 Å². The third kappa shape index (κ3) is 11.4. The molecule has 0 amide bonds. The van der Waals surface area contributed by atoms with Crippen molar-refractivity contribution in [1.82, 2.24) is 0 Å². The molecule has 0 saturated carbocycles. The molecule has 0 fully saturated rings. The van der Waals surface area contributed by atoms with Crippen LogP contribution in [0.25, 0.3) is 6.08 Å². The zero-order valence-corrected chi connectivity index (χ0v) is 16.1. The molecule has 0 spiro atoms. The monoisotopic (exact) mass is 330 g/mol. The van der Waals surface area contributed by atoms with Gasteiger partial charge in [-0.2, -0.15) is 0 Å². The number of hydrogen-bond donors (Lipinski definition) is 0. The van der Waals surface area contributed by atoms with Gasteiger partial charge in [0.15, 0.2) is 12.4 Å². The van der Waals surface area contributed by atoms with Crippen LogP contribution < -0.4 is 4.57 Å². The second-order valence-electron chi connectivity index (χ2n) is 7.17. The second-order valence-corrected chi connectivity index (χ2v) is 7.17. The first-order chi connectivity index (χ1) is 11.9. The molecular weight excluding hydrogens is 290 g/mol. The van der Waals surface area contributed by atoms with Gasteiger partial charge in [0.25, 0.3) is 0 Å². The number of nitrogens with zero attached hydrogens (tertiary/aromatic N) is 1. The Labute approximate surface area is 151 Å². The third-order valence-corrected chi connectivity index (χ3v) is 4.92. The van der Waals surface area contributed by atoms with Crippen LogP contribution >= 0.6 is 0 Å². The molecule has 0 aliphatic carbocycles. The van der Waals surface area contributed by atoms with Crippen molar-refractivity contribution in [3.63, 3.8) is 0 Å². The van der Waals surface area contributed by atoms with Crippen LogP contribution in [0, 0.1) is 0 Å². The fourth-order valence-electron chi connectivity index (χ4n) is 3.24. The van der Waals surface area contributed by atoms with Crippen molar-refractivity contribution < 1.29 is 4.57 Å². The van der Waals surface area contributed by atoms with Crippen LogP contribution in [0.4, 0.5) is 0 Å². The SMILES string of the molecule is C=Cc1cc[n+](CCCCCCCCCCCCCCCC)cc1. The molecule has 0 saturated heterocycles. The van der Waals surface area contributed by atoms with Crippen molar-refractivity contribution in [2.45, 2.75) is 103 Å². The van der Waals surface area contributed by atoms with E-state index in [4.69, 9.17) is 0 Å². The number of unbranched alkanes of at least 4 members (excludes halogenated alkanes) is 13. The van der Waals surface area contributed by atoms with Gasteiger partial charge >= 0.3 is 0 Å². The Hall–Kier alpha value is -1.11. The lowest BCUT2D eigenvalue weighted by Gasteiger charge is -2.03. The van der Waals surface area contributed by atoms with E-state index in [2.05, 4.69) is 42.6 Å². The highest BCUT2D eigenvalue weighted by Crippen LogP contribution is 2.12. The largest absolute Gasteiger partial charge is 0.205 e. The zero-order chi connectivity index (χ0) is 17.3. The van der Waals surface area contributed by atoms with Crippen LogP contribution in [0.5, 0.6) is 0 Å². The first kappa shape index (κ1) is 20.9. The molecule has 1 heteroatoms. The minimum atomic E-state index is 1.15. The highest BCUT2D eigenvalue weighted by Gasteiger charge is 1.99. The predicted octanol–water partition coefficient (Wildman–Crippen LogP) is 7.10. The van der Waals surface area contributed by atoms with E-state index in [0.717, 1.165) is 6.54 Å². The van der Waals surface area contributed by atoms with Crippen molar-refractivity contribution in [3.05, 3.63) is 36.7 Å². The van der Waals surface area contributed by atoms with Gasteiger partial charge in [0.1, 0.15) is 6.54 Å². The van der Waals surface area contributed by atoms with Crippen LogP contribution in [0.15, 0.2) is 31.1 Å². The third-order valence-electron chi connectivity index (χ3n) is 4.92. The fourth-order valence-corrected chi connectivity index (χ4v) is 3.24. The van der Waals surface area contributed by atoms with Crippen molar-refractivity contribution in [3.8, 4) is 0 Å². The second kappa shape index (κ2) is 15.4. The van der Waals surface area contributed by atoms with Crippen LogP contribution in [0.3, 0.4) is 0 Å². The van der Waals surface area contributed by atoms with Crippen LogP contribution in [0.2, 0.25) is 0 Å². The molecule has 24 heavy (non-hydrogen) atoms. The lowest BCUT2D eigenvalue weighted by atomic mass is 10.0. The Morgan fingerprint density at radius 1 is 0.708 bits per heavy atom. The number of aryl methyl sites for hydroxylation is 1. The van der Waals surface area contributed by atoms with E-state index in [9.17, 15) is 0 Å². The average molecular weight is 331 g/mol. The molecule has 1 heterocycles. The maximum absolute atomic E-state index is 3.79. The molecule has 0 aromatic carbocycles. The molecule has 0 radical (unpaired) electrons. The minimum Gasteiger partial charge on any atom is -0.205 e. The Morgan fingerprint density at radius 2 is 1.12 bits per heavy atom. The molecule has 0 aliphatic rings. The van der Waals surface area contributed by atoms with E-state index in [1.807, 2.05) is 6.08 Å². The molecule has 1 aromatic heterocycles. The lowest BCUT2D eigenvalue weighted by molar-refractivity contribution is -0.697. The van der Waals surface area contributed by atoms with Crippen LogP contribution in [0.1, 0.15) is 102 Å². The van der Waals surface area contributed by atoms with E-state index in [1.165, 1.54) is 95.5 Å². The molecule has 1 rings (SSSR count). The average Bonchev–Trinajstić information content (AvgIpc) is 2.62. The Morgan fingerprint density at radius 3 is 1.54 bits per heavy atom. The van der Waals surface area contributed by atoms with Gasteiger partial charge in [-0.1, -0.05) is 96.6 Å². The van der Waals surface area contributed by atoms with Gasteiger partial charge in [0, 0.05) is 18.6 Å². The number of pyridine rings is 1. The Balaban J connectivity index is 1.81. The van der Waals surface area contributed by atoms with E-state index in [1.54, 1.807) is 0 Å². The van der Waals surface area contributed by atoms with Gasteiger partial charge in [-0.05, 0) is 12.0 Å². The molecule has 136 valence electrons. The summed E-state index contributed by atoms with van der Waals surface area (Å²) in [6, 6.07) is 4.27. The molecule has 0 aliphatic heterocycles. The number of aromatic nitrogens is 1. The highest BCUT2D eigenvalue weighted by molar-refractivity contribution is 5.44. The van der Waals surface area contributed by atoms with Gasteiger partial charge in [-0.3, -0.25) is 0 Å². The minimum absolute atomic E-state index is 1.15. The molecule has 1 nitrogen and oxygen atoms in total. The summed E-state index contributed by atoms with van der Waals surface area (Å²) in [4.78, 5) is 0. The standard InChI is InChI=1S/C23H40N/c1-3-5-6-7-8-9-10-11-12-13-14-15-16-17-20-24-21-18-23(4-2)19-22-24/h4,18-19,21-22H,2-3,5-17,20H2,1H3/q+1. The normalized spacial score (nSPS) is 10.9. The lowest BCUT2D eigenvalue weighted by Crippen LogP contribution is -2.32. The topological polar surface area (TPSA) is 3.88 Å². The summed E-state index contributed by atoms with van der Waals surface area (Å²) in [6.07, 6.45) is 26.2. The molecular formula is C23H40N+. The smallest absolute Gasteiger partial charge is 0.169 e. The fraction of sp³-hybridized carbons (Fsp3) is 0.696. The summed E-state index contributed by atoms with van der Waals surface area (Å²) in [5.74, 6) is 0. The maximum atomic E-state index is 3.79. The van der Waals surface area contributed by atoms with Crippen molar-refractivity contribution in [2.24, 2.45) is 0 Å². The van der Waals surface area contributed by atoms with Gasteiger partial charge in [-0.25, -0.2) is 4.57 Å². The zero-order valence-electron chi connectivity index (χ0n) is 16.1. The number of rotatable bonds is 16. The maximum Gasteiger partial charge on any atom is 0.169 e. The summed E-state index contributed by atoms with van der Waals surface area (Å²) in [6.45, 7) is 7.23. The van der Waals surface area contributed by atoms with Crippen LogP contribution in [-0.2, 0) is 6.54 Å². The highest BCUT2D eigenvalue weighted by atomic mass is 14.9. The Kier molecular flexibility index (Phi) is 13.4. The van der Waals surface area contributed by atoms with Crippen molar-refractivity contribution in [1.29, 1.82) is 0 Å². The summed E-state index contributed by atoms with van der Waals surface area (Å²) >= 11 is 0. The number of hydrogen-bond acceptors (Lipinski definition) is 0. The van der Waals surface area contributed by atoms with E-state index in [0.29, 0.717) is 0 Å². The van der Waals surface area contributed by atoms with E-state index >= 15 is 0 Å². The van der Waals surface area contributed by atoms with Gasteiger partial charge in [0.2, 0.25) is 0 Å². The van der Waals surface area contributed by atoms with Crippen molar-refractivity contribution in [2.75, 3.05) is 0 Å². The van der Waals surface area contributed by atoms with E-state index < -0.39 is 0 Å².